The molecule has 0 radical (unpaired) electrons. The predicted octanol–water partition coefficient (Wildman–Crippen LogP) is 11.8. The molecule has 0 spiro atoms. The molecule has 2 nitrogen and oxygen atoms in total. The fourth-order valence-electron chi connectivity index (χ4n) is 7.78. The monoisotopic (exact) mass is 584 g/mol. The minimum absolute atomic E-state index is 1.16. The third-order valence-corrected chi connectivity index (χ3v) is 9.64. The van der Waals surface area contributed by atoms with Gasteiger partial charge in [0.1, 0.15) is 0 Å². The second-order valence-electron chi connectivity index (χ2n) is 12.1. The number of nitrogens with zero attached hydrogens (tertiary/aromatic N) is 2. The highest BCUT2D eigenvalue weighted by Crippen LogP contribution is 2.49. The van der Waals surface area contributed by atoms with Gasteiger partial charge in [-0.05, 0) is 58.0 Å². The highest BCUT2D eigenvalue weighted by Gasteiger charge is 2.26. The molecule has 214 valence electrons. The van der Waals surface area contributed by atoms with E-state index >= 15 is 0 Å². The van der Waals surface area contributed by atoms with Crippen molar-refractivity contribution in [1.29, 1.82) is 0 Å². The van der Waals surface area contributed by atoms with Crippen molar-refractivity contribution in [1.82, 2.24) is 8.97 Å². The standard InChI is InChI=1S/C44H28N2/c1-4-14-29(15-5-1)32-20-12-21-33(28-32)45-38-25-13-23-35-34-22-10-11-24-37(34)46-43(31-18-8-3-9-19-31)40(30-16-6-2-7-17-30)36-26-27-39(45)42(41(35)38)44(36)46/h1-28H. The number of fused-ring (bicyclic) bond motifs is 3. The second kappa shape index (κ2) is 9.69. The van der Waals surface area contributed by atoms with Crippen molar-refractivity contribution in [2.75, 3.05) is 0 Å². The van der Waals surface area contributed by atoms with Crippen molar-refractivity contribution in [2.45, 2.75) is 0 Å². The Bertz CT molecular complexity index is 2710. The van der Waals surface area contributed by atoms with Gasteiger partial charge in [-0.25, -0.2) is 0 Å². The Balaban J connectivity index is 1.45. The molecule has 2 heteroatoms. The van der Waals surface area contributed by atoms with Gasteiger partial charge in [0.2, 0.25) is 0 Å². The van der Waals surface area contributed by atoms with Gasteiger partial charge in [-0.2, -0.15) is 0 Å². The summed E-state index contributed by atoms with van der Waals surface area (Å²) in [6.45, 7) is 0. The van der Waals surface area contributed by atoms with Gasteiger partial charge in [-0.15, -0.1) is 0 Å². The Hall–Kier alpha value is -6.12. The zero-order valence-electron chi connectivity index (χ0n) is 25.1. The van der Waals surface area contributed by atoms with E-state index in [1.165, 1.54) is 82.5 Å². The lowest BCUT2D eigenvalue weighted by Crippen LogP contribution is -1.95. The summed E-state index contributed by atoms with van der Waals surface area (Å²) in [5.41, 5.74) is 13.4. The van der Waals surface area contributed by atoms with E-state index < -0.39 is 0 Å². The molecule has 46 heavy (non-hydrogen) atoms. The van der Waals surface area contributed by atoms with Crippen molar-refractivity contribution in [3.8, 4) is 39.2 Å². The molecule has 0 N–H and O–H groups in total. The minimum Gasteiger partial charge on any atom is -0.309 e. The molecule has 0 atom stereocenters. The van der Waals surface area contributed by atoms with Crippen LogP contribution in [0.2, 0.25) is 0 Å². The topological polar surface area (TPSA) is 9.34 Å². The maximum Gasteiger partial charge on any atom is 0.0642 e. The van der Waals surface area contributed by atoms with Crippen molar-refractivity contribution in [3.63, 3.8) is 0 Å². The fourth-order valence-corrected chi connectivity index (χ4v) is 7.78. The third-order valence-electron chi connectivity index (χ3n) is 9.64. The van der Waals surface area contributed by atoms with E-state index in [1.807, 2.05) is 0 Å². The van der Waals surface area contributed by atoms with E-state index in [1.54, 1.807) is 0 Å². The predicted molar refractivity (Wildman–Crippen MR) is 194 cm³/mol. The molecule has 0 aliphatic carbocycles. The fraction of sp³-hybridized carbons (Fsp3) is 0. The first kappa shape index (κ1) is 25.2. The quantitative estimate of drug-likeness (QED) is 0.195. The van der Waals surface area contributed by atoms with Crippen molar-refractivity contribution in [3.05, 3.63) is 170 Å². The molecule has 10 aromatic rings. The average molecular weight is 585 g/mol. The van der Waals surface area contributed by atoms with Crippen LogP contribution in [0.5, 0.6) is 0 Å². The minimum atomic E-state index is 1.16. The zero-order valence-corrected chi connectivity index (χ0v) is 25.1. The van der Waals surface area contributed by atoms with Crippen LogP contribution in [0.25, 0.3) is 88.2 Å². The Labute approximate surface area is 266 Å². The highest BCUT2D eigenvalue weighted by atomic mass is 15.0. The van der Waals surface area contributed by atoms with Crippen LogP contribution >= 0.6 is 0 Å². The highest BCUT2D eigenvalue weighted by molar-refractivity contribution is 6.32. The molecule has 10 rings (SSSR count). The van der Waals surface area contributed by atoms with E-state index in [9.17, 15) is 0 Å². The molecule has 0 aliphatic heterocycles. The molecule has 0 saturated heterocycles. The summed E-state index contributed by atoms with van der Waals surface area (Å²) < 4.78 is 5.02. The molecule has 0 aliphatic rings. The maximum absolute atomic E-state index is 2.55. The Morgan fingerprint density at radius 2 is 0.935 bits per heavy atom. The molecule has 3 heterocycles. The smallest absolute Gasteiger partial charge is 0.0642 e. The molecular formula is C44H28N2. The molecule has 0 saturated carbocycles. The van der Waals surface area contributed by atoms with Crippen molar-refractivity contribution >= 4 is 49.0 Å². The van der Waals surface area contributed by atoms with Gasteiger partial charge in [0.25, 0.3) is 0 Å². The van der Waals surface area contributed by atoms with Crippen LogP contribution in [0.3, 0.4) is 0 Å². The zero-order chi connectivity index (χ0) is 30.2. The van der Waals surface area contributed by atoms with Gasteiger partial charge in [0.05, 0.1) is 27.8 Å². The molecule has 0 fully saturated rings. The lowest BCUT2D eigenvalue weighted by molar-refractivity contribution is 1.18. The van der Waals surface area contributed by atoms with Crippen LogP contribution < -0.4 is 0 Å². The van der Waals surface area contributed by atoms with E-state index in [4.69, 9.17) is 0 Å². The van der Waals surface area contributed by atoms with Crippen LogP contribution in [0.4, 0.5) is 0 Å². The van der Waals surface area contributed by atoms with Gasteiger partial charge < -0.3 is 8.97 Å². The summed E-state index contributed by atoms with van der Waals surface area (Å²) in [7, 11) is 0. The number of aromatic nitrogens is 2. The summed E-state index contributed by atoms with van der Waals surface area (Å²) in [4.78, 5) is 0. The summed E-state index contributed by atoms with van der Waals surface area (Å²) in [5.74, 6) is 0. The average Bonchev–Trinajstić information content (AvgIpc) is 3.62. The van der Waals surface area contributed by atoms with Crippen LogP contribution in [-0.4, -0.2) is 8.97 Å². The first-order valence-corrected chi connectivity index (χ1v) is 15.9. The summed E-state index contributed by atoms with van der Waals surface area (Å²) in [6.07, 6.45) is 0. The number of hydrogen-bond acceptors (Lipinski definition) is 0. The molecule has 0 unspecified atom stereocenters. The van der Waals surface area contributed by atoms with Gasteiger partial charge in [-0.1, -0.05) is 140 Å². The first-order chi connectivity index (χ1) is 22.9. The van der Waals surface area contributed by atoms with Crippen LogP contribution in [-0.2, 0) is 0 Å². The number of rotatable bonds is 4. The van der Waals surface area contributed by atoms with Crippen molar-refractivity contribution in [2.24, 2.45) is 0 Å². The number of benzene rings is 7. The molecule has 7 aromatic carbocycles. The first-order valence-electron chi connectivity index (χ1n) is 15.9. The molecular weight excluding hydrogens is 556 g/mol. The Kier molecular flexibility index (Phi) is 5.31. The Morgan fingerprint density at radius 1 is 0.348 bits per heavy atom. The maximum atomic E-state index is 2.55. The summed E-state index contributed by atoms with van der Waals surface area (Å²) in [6, 6.07) is 61.8. The van der Waals surface area contributed by atoms with Gasteiger partial charge in [0.15, 0.2) is 0 Å². The van der Waals surface area contributed by atoms with Crippen molar-refractivity contribution < 1.29 is 0 Å². The summed E-state index contributed by atoms with van der Waals surface area (Å²) >= 11 is 0. The largest absolute Gasteiger partial charge is 0.309 e. The second-order valence-corrected chi connectivity index (χ2v) is 12.1. The van der Waals surface area contributed by atoms with Crippen LogP contribution in [0.1, 0.15) is 0 Å². The van der Waals surface area contributed by atoms with E-state index in [2.05, 4.69) is 179 Å². The lowest BCUT2D eigenvalue weighted by atomic mass is 9.97. The van der Waals surface area contributed by atoms with Gasteiger partial charge in [0, 0.05) is 32.8 Å². The number of hydrogen-bond donors (Lipinski definition) is 0. The number of para-hydroxylation sites is 1. The molecule has 3 aromatic heterocycles. The lowest BCUT2D eigenvalue weighted by Gasteiger charge is -2.11. The van der Waals surface area contributed by atoms with E-state index in [-0.39, 0.29) is 0 Å². The van der Waals surface area contributed by atoms with Gasteiger partial charge >= 0.3 is 0 Å². The van der Waals surface area contributed by atoms with Gasteiger partial charge in [-0.3, -0.25) is 0 Å². The van der Waals surface area contributed by atoms with Crippen LogP contribution in [0, 0.1) is 0 Å². The van der Waals surface area contributed by atoms with E-state index in [0.717, 1.165) is 5.69 Å². The third kappa shape index (κ3) is 3.47. The summed E-state index contributed by atoms with van der Waals surface area (Å²) in [5, 5.41) is 6.38. The van der Waals surface area contributed by atoms with E-state index in [0.29, 0.717) is 0 Å². The normalized spacial score (nSPS) is 11.9. The molecule has 0 amide bonds. The SMILES string of the molecule is c1ccc(-c2cccc(-n3c4cccc5c6ccccc6n6c(-c7ccccc7)c(-c7ccccc7)c7ccc3c(c54)c76)c2)cc1. The van der Waals surface area contributed by atoms with Crippen LogP contribution in [0.15, 0.2) is 170 Å². The molecule has 0 bridgehead atoms. The Morgan fingerprint density at radius 3 is 1.72 bits per heavy atom.